The maximum atomic E-state index is 6.26. The molecule has 1 unspecified atom stereocenters. The van der Waals surface area contributed by atoms with Gasteiger partial charge in [-0.25, -0.2) is 0 Å². The fourth-order valence-electron chi connectivity index (χ4n) is 3.23. The molecule has 2 N–H and O–H groups in total. The van der Waals surface area contributed by atoms with Crippen molar-refractivity contribution in [2.45, 2.75) is 116 Å². The third-order valence-corrected chi connectivity index (χ3v) is 4.91. The van der Waals surface area contributed by atoms with E-state index in [1.807, 2.05) is 6.08 Å². The molecular formula is C21H43N. The number of hydrogen-bond donors (Lipinski definition) is 1. The van der Waals surface area contributed by atoms with Crippen molar-refractivity contribution in [1.82, 2.24) is 0 Å². The van der Waals surface area contributed by atoms with E-state index in [4.69, 9.17) is 5.73 Å². The lowest BCUT2D eigenvalue weighted by atomic mass is 9.82. The van der Waals surface area contributed by atoms with Gasteiger partial charge in [-0.15, -0.1) is 6.58 Å². The van der Waals surface area contributed by atoms with Crippen molar-refractivity contribution in [2.24, 2.45) is 11.7 Å². The summed E-state index contributed by atoms with van der Waals surface area (Å²) >= 11 is 0. The predicted molar refractivity (Wildman–Crippen MR) is 102 cm³/mol. The van der Waals surface area contributed by atoms with E-state index in [0.29, 0.717) is 5.92 Å². The fourth-order valence-corrected chi connectivity index (χ4v) is 3.23. The van der Waals surface area contributed by atoms with Gasteiger partial charge in [0.05, 0.1) is 0 Å². The van der Waals surface area contributed by atoms with Gasteiger partial charge in [-0.1, -0.05) is 90.0 Å². The molecule has 1 nitrogen and oxygen atoms in total. The molecule has 1 atom stereocenters. The van der Waals surface area contributed by atoms with Crippen LogP contribution in [0.15, 0.2) is 12.7 Å². The van der Waals surface area contributed by atoms with E-state index >= 15 is 0 Å². The zero-order valence-electron chi connectivity index (χ0n) is 15.8. The van der Waals surface area contributed by atoms with Gasteiger partial charge >= 0.3 is 0 Å². The molecular weight excluding hydrogens is 266 g/mol. The molecule has 0 rings (SSSR count). The first-order valence-corrected chi connectivity index (χ1v) is 9.92. The molecule has 0 aliphatic rings. The summed E-state index contributed by atoms with van der Waals surface area (Å²) in [5, 5.41) is 0. The van der Waals surface area contributed by atoms with Crippen molar-refractivity contribution in [3.8, 4) is 0 Å². The largest absolute Gasteiger partial charge is 0.325 e. The third kappa shape index (κ3) is 13.4. The Labute approximate surface area is 141 Å². The predicted octanol–water partition coefficient (Wildman–Crippen LogP) is 7.01. The average molecular weight is 310 g/mol. The van der Waals surface area contributed by atoms with Crippen LogP contribution in [0, 0.1) is 5.92 Å². The van der Waals surface area contributed by atoms with Crippen molar-refractivity contribution in [3.63, 3.8) is 0 Å². The number of rotatable bonds is 16. The van der Waals surface area contributed by atoms with E-state index < -0.39 is 0 Å². The molecule has 0 heterocycles. The highest BCUT2D eigenvalue weighted by Crippen LogP contribution is 2.24. The van der Waals surface area contributed by atoms with Gasteiger partial charge < -0.3 is 5.73 Å². The van der Waals surface area contributed by atoms with Gasteiger partial charge in [0.1, 0.15) is 0 Å². The maximum Gasteiger partial charge on any atom is 0.0128 e. The Hall–Kier alpha value is -0.300. The zero-order chi connectivity index (χ0) is 16.7. The second kappa shape index (κ2) is 14.3. The van der Waals surface area contributed by atoms with Crippen LogP contribution < -0.4 is 5.73 Å². The Bertz CT molecular complexity index is 239. The van der Waals surface area contributed by atoms with Crippen LogP contribution in [0.4, 0.5) is 0 Å². The monoisotopic (exact) mass is 309 g/mol. The first kappa shape index (κ1) is 21.7. The second-order valence-corrected chi connectivity index (χ2v) is 7.72. The molecule has 0 saturated heterocycles. The summed E-state index contributed by atoms with van der Waals surface area (Å²) in [7, 11) is 0. The van der Waals surface area contributed by atoms with Crippen molar-refractivity contribution >= 4 is 0 Å². The lowest BCUT2D eigenvalue weighted by molar-refractivity contribution is 0.294. The van der Waals surface area contributed by atoms with Crippen molar-refractivity contribution < 1.29 is 0 Å². The quantitative estimate of drug-likeness (QED) is 0.241. The number of allylic oxidation sites excluding steroid dienone is 1. The molecule has 0 aromatic carbocycles. The van der Waals surface area contributed by atoms with E-state index in [0.717, 1.165) is 6.42 Å². The maximum absolute atomic E-state index is 6.26. The third-order valence-electron chi connectivity index (χ3n) is 4.91. The van der Waals surface area contributed by atoms with E-state index in [1.165, 1.54) is 83.5 Å². The topological polar surface area (TPSA) is 26.0 Å². The summed E-state index contributed by atoms with van der Waals surface area (Å²) in [5.74, 6) is 0.591. The van der Waals surface area contributed by atoms with Crippen LogP contribution in [-0.2, 0) is 0 Å². The van der Waals surface area contributed by atoms with Crippen molar-refractivity contribution in [3.05, 3.63) is 12.7 Å². The highest BCUT2D eigenvalue weighted by Gasteiger charge is 2.22. The first-order chi connectivity index (χ1) is 10.5. The van der Waals surface area contributed by atoms with Crippen molar-refractivity contribution in [2.75, 3.05) is 0 Å². The molecule has 0 aliphatic carbocycles. The summed E-state index contributed by atoms with van der Waals surface area (Å²) in [5.41, 5.74) is 6.19. The molecule has 0 bridgehead atoms. The standard InChI is InChI=1S/C21H43N/c1-5-7-8-9-10-11-12-13-14-15-16-17-19-20(18-6-2)21(3,4)22/h6,20H,2,5,7-19,22H2,1,3-4H3. The van der Waals surface area contributed by atoms with Crippen LogP contribution in [0.3, 0.4) is 0 Å². The van der Waals surface area contributed by atoms with Gasteiger partial charge in [-0.2, -0.15) is 0 Å². The molecule has 0 radical (unpaired) electrons. The smallest absolute Gasteiger partial charge is 0.0128 e. The minimum absolute atomic E-state index is 0.0635. The summed E-state index contributed by atoms with van der Waals surface area (Å²) in [6, 6.07) is 0. The summed E-state index contributed by atoms with van der Waals surface area (Å²) in [6.45, 7) is 10.5. The van der Waals surface area contributed by atoms with Crippen LogP contribution in [0.5, 0.6) is 0 Å². The molecule has 0 spiro atoms. The van der Waals surface area contributed by atoms with Gasteiger partial charge in [-0.05, 0) is 32.6 Å². The van der Waals surface area contributed by atoms with E-state index in [1.54, 1.807) is 0 Å². The van der Waals surface area contributed by atoms with Crippen LogP contribution in [0.1, 0.15) is 111 Å². The number of unbranched alkanes of at least 4 members (excludes halogenated alkanes) is 11. The first-order valence-electron chi connectivity index (χ1n) is 9.92. The zero-order valence-corrected chi connectivity index (χ0v) is 15.8. The van der Waals surface area contributed by atoms with Gasteiger partial charge in [0.25, 0.3) is 0 Å². The molecule has 1 heteroatoms. The average Bonchev–Trinajstić information content (AvgIpc) is 2.46. The Kier molecular flexibility index (Phi) is 14.1. The summed E-state index contributed by atoms with van der Waals surface area (Å²) in [4.78, 5) is 0. The molecule has 0 aromatic rings. The SMILES string of the molecule is C=CCC(CCCCCCCCCCCCCC)C(C)(C)N. The van der Waals surface area contributed by atoms with Crippen LogP contribution >= 0.6 is 0 Å². The highest BCUT2D eigenvalue weighted by atomic mass is 14.7. The van der Waals surface area contributed by atoms with E-state index in [2.05, 4.69) is 27.4 Å². The molecule has 132 valence electrons. The molecule has 0 amide bonds. The second-order valence-electron chi connectivity index (χ2n) is 7.72. The summed E-state index contributed by atoms with van der Waals surface area (Å²) < 4.78 is 0. The molecule has 22 heavy (non-hydrogen) atoms. The van der Waals surface area contributed by atoms with Gasteiger partial charge in [-0.3, -0.25) is 0 Å². The lowest BCUT2D eigenvalue weighted by Gasteiger charge is -2.29. The Morgan fingerprint density at radius 3 is 1.59 bits per heavy atom. The summed E-state index contributed by atoms with van der Waals surface area (Å²) in [6.07, 6.45) is 21.3. The molecule has 0 aromatic heterocycles. The van der Waals surface area contributed by atoms with E-state index in [-0.39, 0.29) is 5.54 Å². The molecule has 0 aliphatic heterocycles. The highest BCUT2D eigenvalue weighted by molar-refractivity contribution is 4.87. The Morgan fingerprint density at radius 2 is 1.23 bits per heavy atom. The molecule has 0 fully saturated rings. The molecule has 0 saturated carbocycles. The minimum atomic E-state index is -0.0635. The number of hydrogen-bond acceptors (Lipinski definition) is 1. The Balaban J connectivity index is 3.37. The van der Waals surface area contributed by atoms with E-state index in [9.17, 15) is 0 Å². The van der Waals surface area contributed by atoms with Crippen LogP contribution in [0.2, 0.25) is 0 Å². The van der Waals surface area contributed by atoms with Gasteiger partial charge in [0.15, 0.2) is 0 Å². The normalized spacial score (nSPS) is 13.3. The van der Waals surface area contributed by atoms with Crippen molar-refractivity contribution in [1.29, 1.82) is 0 Å². The fraction of sp³-hybridized carbons (Fsp3) is 0.905. The van der Waals surface area contributed by atoms with Crippen LogP contribution in [-0.4, -0.2) is 5.54 Å². The number of nitrogens with two attached hydrogens (primary N) is 1. The lowest BCUT2D eigenvalue weighted by Crippen LogP contribution is -2.40. The Morgan fingerprint density at radius 1 is 0.818 bits per heavy atom. The van der Waals surface area contributed by atoms with Gasteiger partial charge in [0.2, 0.25) is 0 Å². The van der Waals surface area contributed by atoms with Gasteiger partial charge in [0, 0.05) is 5.54 Å². The van der Waals surface area contributed by atoms with Crippen LogP contribution in [0.25, 0.3) is 0 Å². The minimum Gasteiger partial charge on any atom is -0.325 e.